The maximum absolute atomic E-state index is 6.11. The Morgan fingerprint density at radius 3 is 2.74 bits per heavy atom. The molecule has 6 nitrogen and oxygen atoms in total. The smallest absolute Gasteiger partial charge is 0.226 e. The van der Waals surface area contributed by atoms with E-state index in [1.807, 2.05) is 30.5 Å². The Kier molecular flexibility index (Phi) is 3.51. The van der Waals surface area contributed by atoms with Crippen LogP contribution in [-0.2, 0) is 0 Å². The zero-order valence-electron chi connectivity index (χ0n) is 12.7. The van der Waals surface area contributed by atoms with Gasteiger partial charge in [-0.25, -0.2) is 9.97 Å². The molecule has 1 aliphatic heterocycles. The molecule has 0 bridgehead atoms. The average Bonchev–Trinajstić information content (AvgIpc) is 2.62. The van der Waals surface area contributed by atoms with Crippen LogP contribution < -0.4 is 16.0 Å². The molecule has 1 fully saturated rings. The first-order valence-electron chi connectivity index (χ1n) is 7.74. The van der Waals surface area contributed by atoms with Crippen molar-refractivity contribution >= 4 is 22.5 Å². The number of hydrogen-bond acceptors (Lipinski definition) is 6. The Morgan fingerprint density at radius 2 is 1.87 bits per heavy atom. The van der Waals surface area contributed by atoms with Gasteiger partial charge in [0.25, 0.3) is 0 Å². The molecule has 3 N–H and O–H groups in total. The first-order chi connectivity index (χ1) is 11.3. The van der Waals surface area contributed by atoms with Crippen LogP contribution in [0.5, 0.6) is 0 Å². The molecule has 3 aromatic rings. The zero-order valence-corrected chi connectivity index (χ0v) is 12.7. The number of aromatic nitrogens is 3. The number of anilines is 2. The third kappa shape index (κ3) is 2.68. The summed E-state index contributed by atoms with van der Waals surface area (Å²) < 4.78 is 0. The molecule has 4 rings (SSSR count). The fourth-order valence-electron chi connectivity index (χ4n) is 2.83. The molecule has 23 heavy (non-hydrogen) atoms. The summed E-state index contributed by atoms with van der Waals surface area (Å²) in [7, 11) is 0. The number of para-hydroxylation sites is 1. The molecule has 0 amide bonds. The van der Waals surface area contributed by atoms with Crippen LogP contribution in [0.15, 0.2) is 42.7 Å². The van der Waals surface area contributed by atoms with Crippen LogP contribution in [-0.4, -0.2) is 41.1 Å². The minimum atomic E-state index is 0.570. The van der Waals surface area contributed by atoms with Crippen molar-refractivity contribution in [3.05, 3.63) is 42.7 Å². The summed E-state index contributed by atoms with van der Waals surface area (Å²) in [4.78, 5) is 15.8. The highest BCUT2D eigenvalue weighted by Crippen LogP contribution is 2.27. The average molecular weight is 306 g/mol. The van der Waals surface area contributed by atoms with E-state index in [9.17, 15) is 0 Å². The summed E-state index contributed by atoms with van der Waals surface area (Å²) in [6, 6.07) is 10.1. The molecule has 0 atom stereocenters. The SMILES string of the molecule is Nc1cnc(N2CCNCC2)nc1-c1cnc2ccccc2c1. The molecule has 0 radical (unpaired) electrons. The van der Waals surface area contributed by atoms with Gasteiger partial charge in [-0.1, -0.05) is 18.2 Å². The van der Waals surface area contributed by atoms with Crippen molar-refractivity contribution in [3.63, 3.8) is 0 Å². The van der Waals surface area contributed by atoms with E-state index in [-0.39, 0.29) is 0 Å². The number of nitrogens with zero attached hydrogens (tertiary/aromatic N) is 4. The second kappa shape index (κ2) is 5.81. The standard InChI is InChI=1S/C17H18N6/c18-14-11-21-17(23-7-5-19-6-8-23)22-16(14)13-9-12-3-1-2-4-15(12)20-10-13/h1-4,9-11,19H,5-8,18H2. The lowest BCUT2D eigenvalue weighted by Crippen LogP contribution is -2.44. The monoisotopic (exact) mass is 306 g/mol. The van der Waals surface area contributed by atoms with Crippen LogP contribution in [0.1, 0.15) is 0 Å². The maximum atomic E-state index is 6.11. The van der Waals surface area contributed by atoms with E-state index in [0.717, 1.165) is 54.3 Å². The second-order valence-electron chi connectivity index (χ2n) is 5.63. The van der Waals surface area contributed by atoms with E-state index in [1.165, 1.54) is 0 Å². The van der Waals surface area contributed by atoms with Gasteiger partial charge in [0.05, 0.1) is 17.4 Å². The lowest BCUT2D eigenvalue weighted by Gasteiger charge is -2.27. The van der Waals surface area contributed by atoms with E-state index < -0.39 is 0 Å². The third-order valence-corrected chi connectivity index (χ3v) is 4.07. The van der Waals surface area contributed by atoms with Crippen LogP contribution in [0.4, 0.5) is 11.6 Å². The first-order valence-corrected chi connectivity index (χ1v) is 7.74. The molecule has 0 saturated carbocycles. The number of rotatable bonds is 2. The van der Waals surface area contributed by atoms with E-state index in [4.69, 9.17) is 10.7 Å². The summed E-state index contributed by atoms with van der Waals surface area (Å²) in [6.07, 6.45) is 3.51. The highest BCUT2D eigenvalue weighted by Gasteiger charge is 2.15. The first kappa shape index (κ1) is 13.9. The molecular weight excluding hydrogens is 288 g/mol. The summed E-state index contributed by atoms with van der Waals surface area (Å²) in [5.41, 5.74) is 9.30. The van der Waals surface area contributed by atoms with Gasteiger partial charge in [0.1, 0.15) is 5.69 Å². The Hall–Kier alpha value is -2.73. The largest absolute Gasteiger partial charge is 0.396 e. The number of nitrogens with two attached hydrogens (primary N) is 1. The number of hydrogen-bond donors (Lipinski definition) is 2. The van der Waals surface area contributed by atoms with Crippen molar-refractivity contribution in [1.29, 1.82) is 0 Å². The molecular formula is C17H18N6. The van der Waals surface area contributed by atoms with Crippen LogP contribution in [0.3, 0.4) is 0 Å². The van der Waals surface area contributed by atoms with Gasteiger partial charge in [-0.05, 0) is 12.1 Å². The topological polar surface area (TPSA) is 80.0 Å². The molecule has 2 aromatic heterocycles. The Labute approximate surface area is 134 Å². The summed E-state index contributed by atoms with van der Waals surface area (Å²) in [5, 5.41) is 4.41. The van der Waals surface area contributed by atoms with Crippen molar-refractivity contribution < 1.29 is 0 Å². The predicted octanol–water partition coefficient (Wildman–Crippen LogP) is 1.68. The van der Waals surface area contributed by atoms with Crippen molar-refractivity contribution in [1.82, 2.24) is 20.3 Å². The zero-order chi connectivity index (χ0) is 15.6. The summed E-state index contributed by atoms with van der Waals surface area (Å²) in [6.45, 7) is 3.69. The van der Waals surface area contributed by atoms with Gasteiger partial charge in [-0.3, -0.25) is 4.98 Å². The van der Waals surface area contributed by atoms with E-state index in [2.05, 4.69) is 26.3 Å². The number of benzene rings is 1. The van der Waals surface area contributed by atoms with Gasteiger partial charge in [0.2, 0.25) is 5.95 Å². The second-order valence-corrected chi connectivity index (χ2v) is 5.63. The molecule has 0 unspecified atom stereocenters. The third-order valence-electron chi connectivity index (χ3n) is 4.07. The lowest BCUT2D eigenvalue weighted by molar-refractivity contribution is 0.580. The molecule has 1 aliphatic rings. The van der Waals surface area contributed by atoms with Crippen LogP contribution >= 0.6 is 0 Å². The fourth-order valence-corrected chi connectivity index (χ4v) is 2.83. The van der Waals surface area contributed by atoms with Crippen LogP contribution in [0.25, 0.3) is 22.2 Å². The van der Waals surface area contributed by atoms with Gasteiger partial charge < -0.3 is 16.0 Å². The molecule has 0 aliphatic carbocycles. The van der Waals surface area contributed by atoms with Crippen molar-refractivity contribution in [2.45, 2.75) is 0 Å². The number of fused-ring (bicyclic) bond motifs is 1. The fraction of sp³-hybridized carbons (Fsp3) is 0.235. The van der Waals surface area contributed by atoms with Gasteiger partial charge in [-0.15, -0.1) is 0 Å². The number of pyridine rings is 1. The molecule has 1 saturated heterocycles. The van der Waals surface area contributed by atoms with E-state index >= 15 is 0 Å². The predicted molar refractivity (Wildman–Crippen MR) is 92.3 cm³/mol. The van der Waals surface area contributed by atoms with Gasteiger partial charge in [-0.2, -0.15) is 0 Å². The van der Waals surface area contributed by atoms with Gasteiger partial charge >= 0.3 is 0 Å². The maximum Gasteiger partial charge on any atom is 0.226 e. The molecule has 116 valence electrons. The number of nitrogen functional groups attached to an aromatic ring is 1. The highest BCUT2D eigenvalue weighted by atomic mass is 15.3. The van der Waals surface area contributed by atoms with Gasteiger partial charge in [0.15, 0.2) is 0 Å². The van der Waals surface area contributed by atoms with E-state index in [1.54, 1.807) is 6.20 Å². The number of piperazine rings is 1. The number of nitrogens with one attached hydrogen (secondary N) is 1. The summed E-state index contributed by atoms with van der Waals surface area (Å²) in [5.74, 6) is 0.726. The minimum Gasteiger partial charge on any atom is -0.396 e. The lowest BCUT2D eigenvalue weighted by atomic mass is 10.1. The Balaban J connectivity index is 1.76. The van der Waals surface area contributed by atoms with E-state index in [0.29, 0.717) is 5.69 Å². The van der Waals surface area contributed by atoms with Crippen LogP contribution in [0, 0.1) is 0 Å². The molecule has 6 heteroatoms. The Bertz CT molecular complexity index is 841. The van der Waals surface area contributed by atoms with Crippen molar-refractivity contribution in [2.75, 3.05) is 36.8 Å². The normalized spacial score (nSPS) is 15.0. The summed E-state index contributed by atoms with van der Waals surface area (Å²) >= 11 is 0. The molecule has 0 spiro atoms. The quantitative estimate of drug-likeness (QED) is 0.750. The molecule has 1 aromatic carbocycles. The van der Waals surface area contributed by atoms with Gasteiger partial charge in [0, 0.05) is 43.3 Å². The van der Waals surface area contributed by atoms with Crippen LogP contribution in [0.2, 0.25) is 0 Å². The van der Waals surface area contributed by atoms with Crippen molar-refractivity contribution in [3.8, 4) is 11.3 Å². The highest BCUT2D eigenvalue weighted by molar-refractivity contribution is 5.85. The van der Waals surface area contributed by atoms with Crippen molar-refractivity contribution in [2.24, 2.45) is 0 Å². The Morgan fingerprint density at radius 1 is 1.04 bits per heavy atom. The minimum absolute atomic E-state index is 0.570. The molecule has 3 heterocycles.